The average molecular weight is 242 g/mol. The van der Waals surface area contributed by atoms with E-state index in [-0.39, 0.29) is 5.78 Å². The highest BCUT2D eigenvalue weighted by molar-refractivity contribution is 9.09. The van der Waals surface area contributed by atoms with Crippen molar-refractivity contribution in [2.24, 2.45) is 0 Å². The van der Waals surface area contributed by atoms with Crippen LogP contribution in [0.5, 0.6) is 0 Å². The number of carbonyl (C=O) groups is 1. The minimum Gasteiger partial charge on any atom is -0.399 e. The van der Waals surface area contributed by atoms with E-state index in [1.165, 1.54) is 0 Å². The number of hydrogen-bond acceptors (Lipinski definition) is 2. The molecule has 70 valence electrons. The molecule has 0 aromatic heterocycles. The Balaban J connectivity index is 2.83. The molecule has 0 unspecified atom stereocenters. The molecule has 13 heavy (non-hydrogen) atoms. The number of aryl methyl sites for hydroxylation is 1. The second kappa shape index (κ2) is 4.42. The van der Waals surface area contributed by atoms with Crippen molar-refractivity contribution < 1.29 is 4.79 Å². The van der Waals surface area contributed by atoms with Crippen molar-refractivity contribution in [3.05, 3.63) is 29.3 Å². The van der Waals surface area contributed by atoms with Crippen LogP contribution in [0.25, 0.3) is 0 Å². The lowest BCUT2D eigenvalue weighted by Gasteiger charge is -2.04. The molecule has 3 heteroatoms. The summed E-state index contributed by atoms with van der Waals surface area (Å²) in [5.41, 5.74) is 8.47. The summed E-state index contributed by atoms with van der Waals surface area (Å²) in [4.78, 5) is 11.1. The highest BCUT2D eigenvalue weighted by Crippen LogP contribution is 2.13. The van der Waals surface area contributed by atoms with E-state index >= 15 is 0 Å². The number of carbonyl (C=O) groups excluding carboxylic acids is 1. The van der Waals surface area contributed by atoms with Crippen LogP contribution < -0.4 is 5.73 Å². The zero-order chi connectivity index (χ0) is 9.84. The van der Waals surface area contributed by atoms with E-state index in [0.717, 1.165) is 16.8 Å². The van der Waals surface area contributed by atoms with Gasteiger partial charge < -0.3 is 5.73 Å². The monoisotopic (exact) mass is 241 g/mol. The fraction of sp³-hybridized carbons (Fsp3) is 0.300. The van der Waals surface area contributed by atoms with Gasteiger partial charge in [-0.25, -0.2) is 0 Å². The fourth-order valence-electron chi connectivity index (χ4n) is 1.18. The summed E-state index contributed by atoms with van der Waals surface area (Å²) in [5.74, 6) is 0.188. The van der Waals surface area contributed by atoms with Crippen LogP contribution in [-0.2, 0) is 11.2 Å². The van der Waals surface area contributed by atoms with Crippen LogP contribution in [0.1, 0.15) is 11.1 Å². The van der Waals surface area contributed by atoms with Gasteiger partial charge in [-0.3, -0.25) is 4.79 Å². The first-order valence-electron chi connectivity index (χ1n) is 4.06. The van der Waals surface area contributed by atoms with Gasteiger partial charge in [0, 0.05) is 12.1 Å². The Morgan fingerprint density at radius 3 is 2.77 bits per heavy atom. The molecule has 1 aromatic carbocycles. The van der Waals surface area contributed by atoms with Gasteiger partial charge in [-0.1, -0.05) is 22.0 Å². The molecule has 0 amide bonds. The Kier molecular flexibility index (Phi) is 3.48. The van der Waals surface area contributed by atoms with Crippen molar-refractivity contribution in [2.45, 2.75) is 13.3 Å². The number of halogens is 1. The number of nitrogen functional groups attached to an aromatic ring is 1. The molecule has 0 aliphatic carbocycles. The average Bonchev–Trinajstić information content (AvgIpc) is 2.09. The first-order chi connectivity index (χ1) is 6.13. The van der Waals surface area contributed by atoms with Gasteiger partial charge in [0.2, 0.25) is 0 Å². The van der Waals surface area contributed by atoms with Crippen LogP contribution in [0.4, 0.5) is 5.69 Å². The molecule has 1 aromatic rings. The van der Waals surface area contributed by atoms with Gasteiger partial charge in [0.1, 0.15) is 5.78 Å². The molecular formula is C10H12BrNO. The van der Waals surface area contributed by atoms with Gasteiger partial charge in [0.05, 0.1) is 5.33 Å². The predicted octanol–water partition coefficient (Wildman–Crippen LogP) is 2.08. The number of alkyl halides is 1. The lowest BCUT2D eigenvalue weighted by atomic mass is 10.0. The van der Waals surface area contributed by atoms with Crippen molar-refractivity contribution in [1.29, 1.82) is 0 Å². The molecule has 2 nitrogen and oxygen atoms in total. The summed E-state index contributed by atoms with van der Waals surface area (Å²) in [6, 6.07) is 5.62. The summed E-state index contributed by atoms with van der Waals surface area (Å²) in [7, 11) is 0. The van der Waals surface area contributed by atoms with Crippen molar-refractivity contribution >= 4 is 27.4 Å². The molecule has 0 bridgehead atoms. The van der Waals surface area contributed by atoms with Crippen LogP contribution in [0.3, 0.4) is 0 Å². The maximum atomic E-state index is 11.1. The zero-order valence-electron chi connectivity index (χ0n) is 7.51. The largest absolute Gasteiger partial charge is 0.399 e. The highest BCUT2D eigenvalue weighted by atomic mass is 79.9. The molecule has 0 atom stereocenters. The second-order valence-corrected chi connectivity index (χ2v) is 3.60. The van der Waals surface area contributed by atoms with Crippen molar-refractivity contribution in [3.63, 3.8) is 0 Å². The van der Waals surface area contributed by atoms with Crippen LogP contribution in [0, 0.1) is 6.92 Å². The molecule has 0 saturated heterocycles. The number of anilines is 1. The minimum absolute atomic E-state index is 0.188. The Bertz CT molecular complexity index is 323. The van der Waals surface area contributed by atoms with Crippen LogP contribution in [0.2, 0.25) is 0 Å². The van der Waals surface area contributed by atoms with Crippen molar-refractivity contribution in [1.82, 2.24) is 0 Å². The summed E-state index contributed by atoms with van der Waals surface area (Å²) in [5, 5.41) is 0.414. The second-order valence-electron chi connectivity index (χ2n) is 3.04. The predicted molar refractivity (Wildman–Crippen MR) is 58.1 cm³/mol. The summed E-state index contributed by atoms with van der Waals surface area (Å²) in [6.07, 6.45) is 0.483. The van der Waals surface area contributed by atoms with Crippen LogP contribution in [0.15, 0.2) is 18.2 Å². The normalized spacial score (nSPS) is 10.0. The van der Waals surface area contributed by atoms with Gasteiger partial charge in [-0.05, 0) is 30.2 Å². The fourth-order valence-corrected chi connectivity index (χ4v) is 1.38. The van der Waals surface area contributed by atoms with Gasteiger partial charge in [0.15, 0.2) is 0 Å². The number of hydrogen-bond donors (Lipinski definition) is 1. The summed E-state index contributed by atoms with van der Waals surface area (Å²) >= 11 is 3.14. The summed E-state index contributed by atoms with van der Waals surface area (Å²) < 4.78 is 0. The van der Waals surface area contributed by atoms with Gasteiger partial charge in [0.25, 0.3) is 0 Å². The third kappa shape index (κ3) is 2.84. The third-order valence-corrected chi connectivity index (χ3v) is 2.53. The van der Waals surface area contributed by atoms with E-state index in [1.54, 1.807) is 0 Å². The molecule has 0 radical (unpaired) electrons. The SMILES string of the molecule is Cc1cc(N)ccc1CC(=O)CBr. The smallest absolute Gasteiger partial charge is 0.147 e. The lowest BCUT2D eigenvalue weighted by molar-refractivity contribution is -0.115. The quantitative estimate of drug-likeness (QED) is 0.651. The first kappa shape index (κ1) is 10.3. The van der Waals surface area contributed by atoms with E-state index in [1.807, 2.05) is 25.1 Å². The van der Waals surface area contributed by atoms with Gasteiger partial charge >= 0.3 is 0 Å². The number of ketones is 1. The molecular weight excluding hydrogens is 230 g/mol. The Labute approximate surface area is 86.3 Å². The Morgan fingerprint density at radius 1 is 1.54 bits per heavy atom. The lowest BCUT2D eigenvalue weighted by Crippen LogP contribution is -2.05. The van der Waals surface area contributed by atoms with E-state index in [9.17, 15) is 4.79 Å². The van der Waals surface area contributed by atoms with Crippen LogP contribution in [-0.4, -0.2) is 11.1 Å². The molecule has 1 rings (SSSR count). The number of rotatable bonds is 3. The third-order valence-electron chi connectivity index (χ3n) is 1.90. The number of nitrogens with two attached hydrogens (primary N) is 1. The Hall–Kier alpha value is -0.830. The first-order valence-corrected chi connectivity index (χ1v) is 5.18. The maximum Gasteiger partial charge on any atom is 0.147 e. The topological polar surface area (TPSA) is 43.1 Å². The minimum atomic E-state index is 0.188. The Morgan fingerprint density at radius 2 is 2.23 bits per heavy atom. The van der Waals surface area contributed by atoms with E-state index < -0.39 is 0 Å². The van der Waals surface area contributed by atoms with E-state index in [4.69, 9.17) is 5.73 Å². The molecule has 0 saturated carbocycles. The van der Waals surface area contributed by atoms with Crippen LogP contribution >= 0.6 is 15.9 Å². The van der Waals surface area contributed by atoms with E-state index in [0.29, 0.717) is 11.8 Å². The number of Topliss-reactive ketones (excluding diaryl/α,β-unsaturated/α-hetero) is 1. The molecule has 0 aliphatic heterocycles. The van der Waals surface area contributed by atoms with Gasteiger partial charge in [-0.2, -0.15) is 0 Å². The van der Waals surface area contributed by atoms with Crippen molar-refractivity contribution in [3.8, 4) is 0 Å². The number of benzene rings is 1. The maximum absolute atomic E-state index is 11.1. The summed E-state index contributed by atoms with van der Waals surface area (Å²) in [6.45, 7) is 1.97. The molecule has 0 fully saturated rings. The molecule has 0 heterocycles. The molecule has 2 N–H and O–H groups in total. The zero-order valence-corrected chi connectivity index (χ0v) is 9.10. The molecule has 0 spiro atoms. The highest BCUT2D eigenvalue weighted by Gasteiger charge is 2.04. The van der Waals surface area contributed by atoms with Crippen molar-refractivity contribution in [2.75, 3.05) is 11.1 Å². The van der Waals surface area contributed by atoms with Gasteiger partial charge in [-0.15, -0.1) is 0 Å². The standard InChI is InChI=1S/C10H12BrNO/c1-7-4-9(12)3-2-8(7)5-10(13)6-11/h2-4H,5-6,12H2,1H3. The molecule has 0 aliphatic rings. The van der Waals surface area contributed by atoms with E-state index in [2.05, 4.69) is 15.9 Å².